The van der Waals surface area contributed by atoms with Crippen molar-refractivity contribution in [1.82, 2.24) is 0 Å². The van der Waals surface area contributed by atoms with Gasteiger partial charge in [-0.05, 0) is 81.6 Å². The van der Waals surface area contributed by atoms with E-state index in [1.165, 1.54) is 30.5 Å². The van der Waals surface area contributed by atoms with E-state index in [4.69, 9.17) is 23.2 Å². The van der Waals surface area contributed by atoms with Crippen LogP contribution >= 0.6 is 68.4 Å². The molecule has 0 bridgehead atoms. The molecule has 3 rings (SSSR count). The highest BCUT2D eigenvalue weighted by Gasteiger charge is 2.17. The first-order valence-electron chi connectivity index (χ1n) is 7.96. The maximum Gasteiger partial charge on any atom is 0.261 e. The summed E-state index contributed by atoms with van der Waals surface area (Å²) in [5, 5.41) is 10.7. The van der Waals surface area contributed by atoms with E-state index in [0.29, 0.717) is 9.13 Å². The van der Waals surface area contributed by atoms with Gasteiger partial charge in [-0.3, -0.25) is 9.71 Å². The second kappa shape index (κ2) is 9.38. The molecule has 0 aliphatic heterocycles. The van der Waals surface area contributed by atoms with E-state index in [1.54, 1.807) is 24.3 Å². The predicted molar refractivity (Wildman–Crippen MR) is 135 cm³/mol. The summed E-state index contributed by atoms with van der Waals surface area (Å²) >= 11 is 16.3. The molecule has 0 saturated heterocycles. The summed E-state index contributed by atoms with van der Waals surface area (Å²) in [4.78, 5) is 4.44. The van der Waals surface area contributed by atoms with Gasteiger partial charge in [-0.2, -0.15) is 0 Å². The molecule has 0 fully saturated rings. The highest BCUT2D eigenvalue weighted by molar-refractivity contribution is 14.1. The molecular formula is C19H12Cl2I2N2O3S. The number of sulfonamides is 1. The van der Waals surface area contributed by atoms with Gasteiger partial charge in [0, 0.05) is 15.3 Å². The Morgan fingerprint density at radius 1 is 1.00 bits per heavy atom. The molecule has 0 unspecified atom stereocenters. The average Bonchev–Trinajstić information content (AvgIpc) is 2.67. The highest BCUT2D eigenvalue weighted by atomic mass is 127. The quantitative estimate of drug-likeness (QED) is 0.241. The van der Waals surface area contributed by atoms with E-state index < -0.39 is 10.0 Å². The lowest BCUT2D eigenvalue weighted by Gasteiger charge is -2.12. The van der Waals surface area contributed by atoms with E-state index in [-0.39, 0.29) is 32.1 Å². The lowest BCUT2D eigenvalue weighted by Crippen LogP contribution is -2.13. The van der Waals surface area contributed by atoms with E-state index in [9.17, 15) is 13.5 Å². The number of hydrogen-bond acceptors (Lipinski definition) is 4. The van der Waals surface area contributed by atoms with E-state index in [1.807, 2.05) is 28.7 Å². The minimum atomic E-state index is -3.85. The molecule has 5 nitrogen and oxygen atoms in total. The molecule has 3 aromatic rings. The lowest BCUT2D eigenvalue weighted by molar-refractivity contribution is 0.470. The van der Waals surface area contributed by atoms with Gasteiger partial charge in [-0.1, -0.05) is 41.4 Å². The van der Waals surface area contributed by atoms with Crippen molar-refractivity contribution in [3.63, 3.8) is 0 Å². The number of aliphatic imine (C=N–C) groups is 1. The first-order chi connectivity index (χ1) is 13.7. The van der Waals surface area contributed by atoms with E-state index >= 15 is 0 Å². The molecule has 0 amide bonds. The van der Waals surface area contributed by atoms with Crippen LogP contribution in [0.25, 0.3) is 0 Å². The molecule has 0 radical (unpaired) electrons. The van der Waals surface area contributed by atoms with Gasteiger partial charge in [-0.15, -0.1) is 0 Å². The van der Waals surface area contributed by atoms with Crippen LogP contribution in [0, 0.1) is 7.14 Å². The molecule has 0 atom stereocenters. The molecule has 150 valence electrons. The second-order valence-corrected chi connectivity index (χ2v) is 10.7. The fraction of sp³-hybridized carbons (Fsp3) is 0. The summed E-state index contributed by atoms with van der Waals surface area (Å²) in [6.45, 7) is 0. The standard InChI is InChI=1S/C19H12Cl2I2N2O3S/c20-14-8-17(24-10-11-6-12(22)7-16(23)19(11)26)18(9-15(14)21)25-29(27,28)13-4-2-1-3-5-13/h1-10,25-26H. The van der Waals surface area contributed by atoms with Crippen molar-refractivity contribution < 1.29 is 13.5 Å². The monoisotopic (exact) mass is 672 g/mol. The van der Waals surface area contributed by atoms with Crippen LogP contribution in [0.2, 0.25) is 10.0 Å². The van der Waals surface area contributed by atoms with Crippen LogP contribution in [-0.2, 0) is 10.0 Å². The Morgan fingerprint density at radius 3 is 2.34 bits per heavy atom. The topological polar surface area (TPSA) is 78.8 Å². The molecule has 2 N–H and O–H groups in total. The zero-order valence-electron chi connectivity index (χ0n) is 14.4. The maximum atomic E-state index is 12.7. The molecular weight excluding hydrogens is 661 g/mol. The largest absolute Gasteiger partial charge is 0.506 e. The van der Waals surface area contributed by atoms with Gasteiger partial charge in [0.05, 0.1) is 29.9 Å². The van der Waals surface area contributed by atoms with Gasteiger partial charge >= 0.3 is 0 Å². The average molecular weight is 673 g/mol. The third kappa shape index (κ3) is 5.54. The van der Waals surface area contributed by atoms with Gasteiger partial charge < -0.3 is 5.11 Å². The van der Waals surface area contributed by atoms with Crippen LogP contribution in [-0.4, -0.2) is 19.7 Å². The van der Waals surface area contributed by atoms with Crippen molar-refractivity contribution in [2.75, 3.05) is 4.72 Å². The van der Waals surface area contributed by atoms with Crippen molar-refractivity contribution in [2.45, 2.75) is 4.90 Å². The summed E-state index contributed by atoms with van der Waals surface area (Å²) in [7, 11) is -3.85. The fourth-order valence-electron chi connectivity index (χ4n) is 2.35. The molecule has 3 aromatic carbocycles. The van der Waals surface area contributed by atoms with Crippen molar-refractivity contribution >= 4 is 96.0 Å². The van der Waals surface area contributed by atoms with Crippen molar-refractivity contribution in [1.29, 1.82) is 0 Å². The molecule has 0 spiro atoms. The zero-order chi connectivity index (χ0) is 21.2. The molecule has 0 aromatic heterocycles. The number of phenols is 1. The lowest BCUT2D eigenvalue weighted by atomic mass is 10.2. The van der Waals surface area contributed by atoms with Gasteiger partial charge in [0.25, 0.3) is 10.0 Å². The molecule has 10 heteroatoms. The Balaban J connectivity index is 2.03. The fourth-order valence-corrected chi connectivity index (χ4v) is 5.65. The van der Waals surface area contributed by atoms with Crippen LogP contribution < -0.4 is 4.72 Å². The minimum Gasteiger partial charge on any atom is -0.506 e. The second-order valence-electron chi connectivity index (χ2n) is 5.79. The van der Waals surface area contributed by atoms with Gasteiger partial charge in [0.15, 0.2) is 0 Å². The van der Waals surface area contributed by atoms with E-state index in [0.717, 1.165) is 3.57 Å². The number of anilines is 1. The van der Waals surface area contributed by atoms with Crippen molar-refractivity contribution in [3.05, 3.63) is 77.3 Å². The Morgan fingerprint density at radius 2 is 1.66 bits per heavy atom. The summed E-state index contributed by atoms with van der Waals surface area (Å²) < 4.78 is 29.5. The highest BCUT2D eigenvalue weighted by Crippen LogP contribution is 2.36. The Labute approximate surface area is 205 Å². The number of halogens is 4. The molecule has 0 aliphatic carbocycles. The number of aromatic hydroxyl groups is 1. The third-order valence-corrected chi connectivity index (χ3v) is 7.29. The molecule has 0 heterocycles. The Bertz CT molecular complexity index is 1200. The Kier molecular flexibility index (Phi) is 7.31. The summed E-state index contributed by atoms with van der Waals surface area (Å²) in [5.41, 5.74) is 0.913. The number of nitrogens with zero attached hydrogens (tertiary/aromatic N) is 1. The maximum absolute atomic E-state index is 12.7. The van der Waals surface area contributed by atoms with Crippen LogP contribution in [0.3, 0.4) is 0 Å². The van der Waals surface area contributed by atoms with Gasteiger partial charge in [-0.25, -0.2) is 8.42 Å². The summed E-state index contributed by atoms with van der Waals surface area (Å²) in [6, 6.07) is 14.4. The van der Waals surface area contributed by atoms with Crippen LogP contribution in [0.5, 0.6) is 5.75 Å². The Hall–Kier alpha value is -1.08. The number of phenolic OH excluding ortho intramolecular Hbond substituents is 1. The SMILES string of the molecule is O=S(=O)(Nc1cc(Cl)c(Cl)cc1N=Cc1cc(I)cc(I)c1O)c1ccccc1. The smallest absolute Gasteiger partial charge is 0.261 e. The predicted octanol–water partition coefficient (Wildman–Crippen LogP) is 6.46. The first-order valence-corrected chi connectivity index (χ1v) is 12.4. The first kappa shape index (κ1) is 22.6. The summed E-state index contributed by atoms with van der Waals surface area (Å²) in [5.74, 6) is 0.0845. The third-order valence-electron chi connectivity index (χ3n) is 3.74. The normalized spacial score (nSPS) is 11.7. The number of rotatable bonds is 5. The summed E-state index contributed by atoms with van der Waals surface area (Å²) in [6.07, 6.45) is 1.44. The van der Waals surface area contributed by atoms with E-state index in [2.05, 4.69) is 32.3 Å². The van der Waals surface area contributed by atoms with Crippen LogP contribution in [0.1, 0.15) is 5.56 Å². The van der Waals surface area contributed by atoms with Crippen molar-refractivity contribution in [3.8, 4) is 5.75 Å². The number of nitrogens with one attached hydrogen (secondary N) is 1. The van der Waals surface area contributed by atoms with Crippen molar-refractivity contribution in [2.24, 2.45) is 4.99 Å². The van der Waals surface area contributed by atoms with Crippen LogP contribution in [0.4, 0.5) is 11.4 Å². The number of benzene rings is 3. The minimum absolute atomic E-state index is 0.0845. The molecule has 0 saturated carbocycles. The molecule has 29 heavy (non-hydrogen) atoms. The van der Waals surface area contributed by atoms with Crippen LogP contribution in [0.15, 0.2) is 64.5 Å². The molecule has 0 aliphatic rings. The zero-order valence-corrected chi connectivity index (χ0v) is 21.0. The number of hydrogen-bond donors (Lipinski definition) is 2. The van der Waals surface area contributed by atoms with Gasteiger partial charge in [0.1, 0.15) is 5.75 Å². The van der Waals surface area contributed by atoms with Gasteiger partial charge in [0.2, 0.25) is 0 Å².